The number of carbonyl (C=O) groups excluding carboxylic acids is 3. The summed E-state index contributed by atoms with van der Waals surface area (Å²) in [5.41, 5.74) is -0.447. The molecule has 0 aliphatic carbocycles. The lowest BCUT2D eigenvalue weighted by atomic mass is 9.91. The van der Waals surface area contributed by atoms with Gasteiger partial charge in [-0.25, -0.2) is 0 Å². The van der Waals surface area contributed by atoms with Crippen LogP contribution in [0.3, 0.4) is 0 Å². The number of hydrogen-bond acceptors (Lipinski definition) is 4. The van der Waals surface area contributed by atoms with Gasteiger partial charge in [-0.15, -0.1) is 0 Å². The van der Waals surface area contributed by atoms with Crippen LogP contribution in [0.2, 0.25) is 0 Å². The van der Waals surface area contributed by atoms with Gasteiger partial charge in [-0.2, -0.15) is 0 Å². The maximum atomic E-state index is 12.3. The molecule has 2 fully saturated rings. The molecule has 2 aliphatic rings. The van der Waals surface area contributed by atoms with Crippen molar-refractivity contribution in [1.29, 1.82) is 0 Å². The molecule has 0 radical (unpaired) electrons. The fraction of sp³-hybridized carbons (Fsp3) is 0.824. The predicted octanol–water partition coefficient (Wildman–Crippen LogP) is 1.44. The molecule has 2 saturated heterocycles. The zero-order chi connectivity index (χ0) is 17.0. The van der Waals surface area contributed by atoms with Gasteiger partial charge in [0.05, 0.1) is 5.92 Å². The highest BCUT2D eigenvalue weighted by Gasteiger charge is 2.34. The smallest absolute Gasteiger partial charge is 0.311 e. The van der Waals surface area contributed by atoms with Crippen LogP contribution in [0.1, 0.15) is 46.5 Å². The number of rotatable bonds is 3. The molecular formula is C17H28N2O4. The van der Waals surface area contributed by atoms with Gasteiger partial charge in [0.1, 0.15) is 0 Å². The van der Waals surface area contributed by atoms with Gasteiger partial charge in [0.2, 0.25) is 5.91 Å². The van der Waals surface area contributed by atoms with Crippen molar-refractivity contribution in [1.82, 2.24) is 9.80 Å². The molecule has 130 valence electrons. The van der Waals surface area contributed by atoms with Gasteiger partial charge < -0.3 is 14.5 Å². The number of piperidine rings is 1. The number of amides is 2. The van der Waals surface area contributed by atoms with Crippen LogP contribution in [0.4, 0.5) is 0 Å². The Morgan fingerprint density at radius 1 is 1.00 bits per heavy atom. The summed E-state index contributed by atoms with van der Waals surface area (Å²) in [6.45, 7) is 8.06. The molecule has 2 rings (SSSR count). The highest BCUT2D eigenvalue weighted by Crippen LogP contribution is 2.24. The predicted molar refractivity (Wildman–Crippen MR) is 85.5 cm³/mol. The summed E-state index contributed by atoms with van der Waals surface area (Å²) in [6, 6.07) is 0. The second-order valence-electron chi connectivity index (χ2n) is 7.54. The van der Waals surface area contributed by atoms with Crippen molar-refractivity contribution in [2.45, 2.75) is 46.5 Å². The molecule has 2 heterocycles. The lowest BCUT2D eigenvalue weighted by molar-refractivity contribution is -0.158. The first-order chi connectivity index (χ1) is 10.8. The van der Waals surface area contributed by atoms with Crippen molar-refractivity contribution in [3.63, 3.8) is 0 Å². The van der Waals surface area contributed by atoms with Gasteiger partial charge in [-0.05, 0) is 25.7 Å². The fourth-order valence-electron chi connectivity index (χ4n) is 3.14. The summed E-state index contributed by atoms with van der Waals surface area (Å²) in [5.74, 6) is -0.734. The number of carbonyl (C=O) groups is 3. The first-order valence-electron chi connectivity index (χ1n) is 8.53. The normalized spacial score (nSPS) is 22.1. The topological polar surface area (TPSA) is 66.9 Å². The molecule has 0 N–H and O–H groups in total. The Labute approximate surface area is 138 Å². The molecule has 2 aliphatic heterocycles. The Morgan fingerprint density at radius 2 is 1.61 bits per heavy atom. The molecule has 0 aromatic rings. The minimum atomic E-state index is -0.447. The van der Waals surface area contributed by atoms with Crippen molar-refractivity contribution in [3.05, 3.63) is 0 Å². The number of esters is 1. The first kappa shape index (κ1) is 17.8. The molecule has 1 unspecified atom stereocenters. The Morgan fingerprint density at radius 3 is 2.22 bits per heavy atom. The van der Waals surface area contributed by atoms with Gasteiger partial charge >= 0.3 is 5.97 Å². The summed E-state index contributed by atoms with van der Waals surface area (Å²) in [6.07, 6.45) is 3.55. The van der Waals surface area contributed by atoms with Crippen LogP contribution in [-0.4, -0.2) is 60.4 Å². The zero-order valence-corrected chi connectivity index (χ0v) is 14.5. The third kappa shape index (κ3) is 4.69. The average molecular weight is 324 g/mol. The van der Waals surface area contributed by atoms with Crippen molar-refractivity contribution >= 4 is 17.8 Å². The van der Waals surface area contributed by atoms with Crippen LogP contribution in [-0.2, 0) is 19.1 Å². The quantitative estimate of drug-likeness (QED) is 0.737. The maximum absolute atomic E-state index is 12.3. The third-order valence-electron chi connectivity index (χ3n) is 4.48. The molecule has 6 heteroatoms. The van der Waals surface area contributed by atoms with Gasteiger partial charge in [-0.1, -0.05) is 20.8 Å². The van der Waals surface area contributed by atoms with Gasteiger partial charge in [-0.3, -0.25) is 14.4 Å². The molecule has 6 nitrogen and oxygen atoms in total. The maximum Gasteiger partial charge on any atom is 0.311 e. The first-order valence-corrected chi connectivity index (χ1v) is 8.53. The van der Waals surface area contributed by atoms with Crippen molar-refractivity contribution in [3.8, 4) is 0 Å². The highest BCUT2D eigenvalue weighted by molar-refractivity contribution is 5.84. The van der Waals surface area contributed by atoms with E-state index < -0.39 is 5.41 Å². The number of likely N-dealkylation sites (tertiary alicyclic amines) is 2. The lowest BCUT2D eigenvalue weighted by Gasteiger charge is -2.35. The summed E-state index contributed by atoms with van der Waals surface area (Å²) in [4.78, 5) is 40.0. The third-order valence-corrected chi connectivity index (χ3v) is 4.48. The second-order valence-corrected chi connectivity index (χ2v) is 7.54. The fourth-order valence-corrected chi connectivity index (χ4v) is 3.14. The van der Waals surface area contributed by atoms with Crippen LogP contribution in [0.25, 0.3) is 0 Å². The van der Waals surface area contributed by atoms with Gasteiger partial charge in [0.25, 0.3) is 5.91 Å². The van der Waals surface area contributed by atoms with Crippen molar-refractivity contribution in [2.24, 2.45) is 11.3 Å². The molecule has 0 spiro atoms. The summed E-state index contributed by atoms with van der Waals surface area (Å²) < 4.78 is 5.20. The van der Waals surface area contributed by atoms with Crippen LogP contribution >= 0.6 is 0 Å². The molecular weight excluding hydrogens is 296 g/mol. The number of ether oxygens (including phenoxy) is 1. The Hall–Kier alpha value is -1.59. The summed E-state index contributed by atoms with van der Waals surface area (Å²) in [5, 5.41) is 0. The Balaban J connectivity index is 1.82. The minimum absolute atomic E-state index is 0.0585. The molecule has 1 atom stereocenters. The molecule has 0 aromatic heterocycles. The van der Waals surface area contributed by atoms with Crippen LogP contribution in [0, 0.1) is 11.3 Å². The lowest BCUT2D eigenvalue weighted by Crippen LogP contribution is -2.47. The summed E-state index contributed by atoms with van der Waals surface area (Å²) in [7, 11) is 0. The number of hydrogen-bond donors (Lipinski definition) is 0. The van der Waals surface area contributed by atoms with E-state index in [-0.39, 0.29) is 30.3 Å². The van der Waals surface area contributed by atoms with Crippen LogP contribution in [0.15, 0.2) is 0 Å². The van der Waals surface area contributed by atoms with E-state index in [0.29, 0.717) is 19.5 Å². The van der Waals surface area contributed by atoms with Gasteiger partial charge in [0, 0.05) is 31.6 Å². The monoisotopic (exact) mass is 324 g/mol. The molecule has 0 bridgehead atoms. The zero-order valence-electron chi connectivity index (χ0n) is 14.5. The molecule has 2 amide bonds. The standard InChI is InChI=1S/C17H28N2O4/c1-17(2,3)16(22)19-10-6-7-13(11-19)15(21)23-12-14(20)18-8-4-5-9-18/h13H,4-12H2,1-3H3. The van der Waals surface area contributed by atoms with E-state index in [1.165, 1.54) is 0 Å². The Kier molecular flexibility index (Phi) is 5.65. The van der Waals surface area contributed by atoms with E-state index in [2.05, 4.69) is 0 Å². The van der Waals surface area contributed by atoms with E-state index in [1.807, 2.05) is 20.8 Å². The molecule has 0 saturated carbocycles. The van der Waals surface area contributed by atoms with Crippen molar-refractivity contribution < 1.29 is 19.1 Å². The summed E-state index contributed by atoms with van der Waals surface area (Å²) >= 11 is 0. The highest BCUT2D eigenvalue weighted by atomic mass is 16.5. The minimum Gasteiger partial charge on any atom is -0.455 e. The van der Waals surface area contributed by atoms with E-state index in [1.54, 1.807) is 9.80 Å². The van der Waals surface area contributed by atoms with E-state index >= 15 is 0 Å². The van der Waals surface area contributed by atoms with E-state index in [0.717, 1.165) is 32.4 Å². The SMILES string of the molecule is CC(C)(C)C(=O)N1CCCC(C(=O)OCC(=O)N2CCCC2)C1. The molecule has 0 aromatic carbocycles. The largest absolute Gasteiger partial charge is 0.455 e. The van der Waals surface area contributed by atoms with Crippen LogP contribution < -0.4 is 0 Å². The molecule has 23 heavy (non-hydrogen) atoms. The number of nitrogens with zero attached hydrogens (tertiary/aromatic N) is 2. The van der Waals surface area contributed by atoms with Crippen LogP contribution in [0.5, 0.6) is 0 Å². The Bertz CT molecular complexity index is 464. The van der Waals surface area contributed by atoms with Crippen molar-refractivity contribution in [2.75, 3.05) is 32.8 Å². The van der Waals surface area contributed by atoms with Gasteiger partial charge in [0.15, 0.2) is 6.61 Å². The second kappa shape index (κ2) is 7.32. The van der Waals surface area contributed by atoms with E-state index in [4.69, 9.17) is 4.74 Å². The van der Waals surface area contributed by atoms with E-state index in [9.17, 15) is 14.4 Å². The average Bonchev–Trinajstić information content (AvgIpc) is 3.05.